The Hall–Kier alpha value is -0.620. The summed E-state index contributed by atoms with van der Waals surface area (Å²) < 4.78 is 0. The molecule has 0 heterocycles. The molecule has 0 bridgehead atoms. The van der Waals surface area contributed by atoms with Crippen LogP contribution in [0.4, 0.5) is 0 Å². The molecule has 0 aromatic rings. The maximum atomic E-state index is 10.6. The molecule has 1 fully saturated rings. The van der Waals surface area contributed by atoms with Crippen LogP contribution in [0.2, 0.25) is 0 Å². The molecule has 0 saturated heterocycles. The molecule has 0 N–H and O–H groups in total. The second-order valence-corrected chi connectivity index (χ2v) is 12.6. The summed E-state index contributed by atoms with van der Waals surface area (Å²) in [5.74, 6) is 0.807. The van der Waals surface area contributed by atoms with E-state index in [4.69, 9.17) is 0 Å². The van der Waals surface area contributed by atoms with Gasteiger partial charge in [-0.2, -0.15) is 0 Å². The van der Waals surface area contributed by atoms with E-state index in [0.717, 1.165) is 5.92 Å². The quantitative estimate of drug-likeness (QED) is 0.0949. The van der Waals surface area contributed by atoms with Crippen LogP contribution in [0.3, 0.4) is 0 Å². The molecule has 0 radical (unpaired) electrons. The van der Waals surface area contributed by atoms with E-state index < -0.39 is 0 Å². The van der Waals surface area contributed by atoms with Gasteiger partial charge < -0.3 is 0 Å². The summed E-state index contributed by atoms with van der Waals surface area (Å²) in [6, 6.07) is 0. The summed E-state index contributed by atoms with van der Waals surface area (Å²) in [5, 5.41) is 0. The van der Waals surface area contributed by atoms with E-state index in [1.165, 1.54) is 141 Å². The molecule has 0 amide bonds. The topological polar surface area (TPSA) is 29.4 Å². The minimum Gasteiger partial charge on any atom is -0.211 e. The summed E-state index contributed by atoms with van der Waals surface area (Å²) in [5.41, 5.74) is 0.572. The van der Waals surface area contributed by atoms with Gasteiger partial charge in [-0.05, 0) is 36.0 Å². The van der Waals surface area contributed by atoms with Crippen molar-refractivity contribution in [2.45, 2.75) is 169 Å². The summed E-state index contributed by atoms with van der Waals surface area (Å²) in [4.78, 5) is 14.5. The monoisotopic (exact) mass is 461 g/mol. The lowest BCUT2D eigenvalue weighted by atomic mass is 9.60. The van der Waals surface area contributed by atoms with E-state index in [1.807, 2.05) is 0 Å². The molecule has 0 aromatic carbocycles. The lowest BCUT2D eigenvalue weighted by Gasteiger charge is -2.46. The van der Waals surface area contributed by atoms with Crippen LogP contribution >= 0.6 is 0 Å². The van der Waals surface area contributed by atoms with Crippen LogP contribution in [0.15, 0.2) is 4.99 Å². The summed E-state index contributed by atoms with van der Waals surface area (Å²) >= 11 is 0. The fraction of sp³-hybridized carbons (Fsp3) is 0.968. The van der Waals surface area contributed by atoms with Crippen molar-refractivity contribution in [3.05, 3.63) is 0 Å². The predicted octanol–water partition coefficient (Wildman–Crippen LogP) is 10.6. The van der Waals surface area contributed by atoms with Crippen LogP contribution in [0.5, 0.6) is 0 Å². The van der Waals surface area contributed by atoms with Gasteiger partial charge in [0.2, 0.25) is 6.08 Å². The third-order valence-electron chi connectivity index (χ3n) is 8.02. The average molecular weight is 462 g/mol. The Bertz CT molecular complexity index is 507. The van der Waals surface area contributed by atoms with Crippen LogP contribution < -0.4 is 0 Å². The van der Waals surface area contributed by atoms with Crippen molar-refractivity contribution in [3.8, 4) is 0 Å². The largest absolute Gasteiger partial charge is 0.234 e. The lowest BCUT2D eigenvalue weighted by molar-refractivity contribution is 0.0558. The molecule has 1 saturated carbocycles. The second kappa shape index (κ2) is 18.7. The molecular formula is C31H59NO. The summed E-state index contributed by atoms with van der Waals surface area (Å²) in [7, 11) is 0. The third-order valence-corrected chi connectivity index (χ3v) is 8.02. The maximum absolute atomic E-state index is 10.6. The first kappa shape index (κ1) is 30.4. The van der Waals surface area contributed by atoms with Crippen molar-refractivity contribution in [1.82, 2.24) is 0 Å². The molecule has 1 rings (SSSR count). The molecule has 2 nitrogen and oxygen atoms in total. The zero-order valence-corrected chi connectivity index (χ0v) is 23.2. The Morgan fingerprint density at radius 3 is 1.52 bits per heavy atom. The van der Waals surface area contributed by atoms with Crippen LogP contribution in [-0.2, 0) is 4.79 Å². The van der Waals surface area contributed by atoms with Crippen LogP contribution in [0, 0.1) is 16.7 Å². The Morgan fingerprint density at radius 1 is 0.667 bits per heavy atom. The van der Waals surface area contributed by atoms with Crippen LogP contribution in [0.25, 0.3) is 0 Å². The fourth-order valence-corrected chi connectivity index (χ4v) is 6.73. The van der Waals surface area contributed by atoms with E-state index in [2.05, 4.69) is 32.7 Å². The van der Waals surface area contributed by atoms with Gasteiger partial charge in [0.05, 0.1) is 6.54 Å². The normalized spacial score (nSPS) is 22.2. The van der Waals surface area contributed by atoms with Gasteiger partial charge in [0.1, 0.15) is 0 Å². The average Bonchev–Trinajstić information content (AvgIpc) is 2.75. The number of isocyanates is 1. The first-order valence-electron chi connectivity index (χ1n) is 14.9. The van der Waals surface area contributed by atoms with Gasteiger partial charge in [-0.25, -0.2) is 9.79 Å². The smallest absolute Gasteiger partial charge is 0.211 e. The summed E-state index contributed by atoms with van der Waals surface area (Å²) in [6.07, 6.45) is 32.8. The Kier molecular flexibility index (Phi) is 17.2. The van der Waals surface area contributed by atoms with E-state index in [-0.39, 0.29) is 5.41 Å². The van der Waals surface area contributed by atoms with Crippen molar-refractivity contribution in [3.63, 3.8) is 0 Å². The van der Waals surface area contributed by atoms with Crippen molar-refractivity contribution in [2.75, 3.05) is 6.54 Å². The van der Waals surface area contributed by atoms with Gasteiger partial charge in [0.15, 0.2) is 0 Å². The third kappa shape index (κ3) is 16.6. The van der Waals surface area contributed by atoms with E-state index in [9.17, 15) is 4.79 Å². The van der Waals surface area contributed by atoms with E-state index >= 15 is 0 Å². The number of aliphatic imine (C=N–C) groups is 1. The SMILES string of the molecule is CCCCCCCCCCCCCCCCCCCCC1CC(C)(C)CC(C)(CN=C=O)C1. The molecule has 194 valence electrons. The van der Waals surface area contributed by atoms with Gasteiger partial charge in [-0.15, -0.1) is 0 Å². The number of unbranched alkanes of at least 4 members (excludes halogenated alkanes) is 17. The number of rotatable bonds is 21. The highest BCUT2D eigenvalue weighted by atomic mass is 16.1. The highest BCUT2D eigenvalue weighted by Crippen LogP contribution is 2.50. The highest BCUT2D eigenvalue weighted by Gasteiger charge is 2.40. The van der Waals surface area contributed by atoms with Gasteiger partial charge in [-0.3, -0.25) is 0 Å². The molecule has 2 atom stereocenters. The molecule has 2 heteroatoms. The van der Waals surface area contributed by atoms with Crippen molar-refractivity contribution < 1.29 is 4.79 Å². The van der Waals surface area contributed by atoms with Crippen molar-refractivity contribution >= 4 is 6.08 Å². The fourth-order valence-electron chi connectivity index (χ4n) is 6.73. The molecule has 2 unspecified atom stereocenters. The number of hydrogen-bond donors (Lipinski definition) is 0. The molecule has 0 aliphatic heterocycles. The van der Waals surface area contributed by atoms with Crippen LogP contribution in [-0.4, -0.2) is 12.6 Å². The Balaban J connectivity index is 1.91. The van der Waals surface area contributed by atoms with Gasteiger partial charge in [-0.1, -0.05) is 150 Å². The highest BCUT2D eigenvalue weighted by molar-refractivity contribution is 5.33. The van der Waals surface area contributed by atoms with Gasteiger partial charge >= 0.3 is 0 Å². The lowest BCUT2D eigenvalue weighted by Crippen LogP contribution is -2.37. The number of carbonyl (C=O) groups excluding carboxylic acids is 1. The number of hydrogen-bond acceptors (Lipinski definition) is 2. The Morgan fingerprint density at radius 2 is 1.09 bits per heavy atom. The van der Waals surface area contributed by atoms with Crippen molar-refractivity contribution in [1.29, 1.82) is 0 Å². The number of nitrogens with zero attached hydrogens (tertiary/aromatic N) is 1. The minimum atomic E-state index is 0.193. The zero-order valence-electron chi connectivity index (χ0n) is 23.2. The zero-order chi connectivity index (χ0) is 24.3. The minimum absolute atomic E-state index is 0.193. The first-order valence-corrected chi connectivity index (χ1v) is 14.9. The van der Waals surface area contributed by atoms with Gasteiger partial charge in [0, 0.05) is 0 Å². The summed E-state index contributed by atoms with van der Waals surface area (Å²) in [6.45, 7) is 10.1. The second-order valence-electron chi connectivity index (χ2n) is 12.6. The van der Waals surface area contributed by atoms with Crippen molar-refractivity contribution in [2.24, 2.45) is 21.7 Å². The van der Waals surface area contributed by atoms with E-state index in [0.29, 0.717) is 12.0 Å². The predicted molar refractivity (Wildman–Crippen MR) is 146 cm³/mol. The molecule has 0 aromatic heterocycles. The standard InChI is InChI=1S/C31H59NO/c1-5-6-7-8-9-10-11-12-13-14-15-16-17-18-19-20-21-22-23-29-24-30(2,3)26-31(4,25-29)27-32-28-33/h29H,5-27H2,1-4H3. The molecule has 0 spiro atoms. The molecule has 33 heavy (non-hydrogen) atoms. The Labute approximate surface area is 208 Å². The van der Waals surface area contributed by atoms with Gasteiger partial charge in [0.25, 0.3) is 0 Å². The molecule has 1 aliphatic rings. The first-order chi connectivity index (χ1) is 15.9. The molecule has 1 aliphatic carbocycles. The van der Waals surface area contributed by atoms with E-state index in [1.54, 1.807) is 6.08 Å². The van der Waals surface area contributed by atoms with Crippen LogP contribution in [0.1, 0.15) is 169 Å². The maximum Gasteiger partial charge on any atom is 0.234 e. The molecular weight excluding hydrogens is 402 g/mol.